The summed E-state index contributed by atoms with van der Waals surface area (Å²) in [6, 6.07) is 11.9. The van der Waals surface area contributed by atoms with Crippen LogP contribution in [0.25, 0.3) is 0 Å². The summed E-state index contributed by atoms with van der Waals surface area (Å²) in [5.74, 6) is 1.18. The number of hydrogen-bond acceptors (Lipinski definition) is 7. The average molecular weight is 466 g/mol. The van der Waals surface area contributed by atoms with Crippen molar-refractivity contribution in [2.24, 2.45) is 5.73 Å². The lowest BCUT2D eigenvalue weighted by atomic mass is 9.83. The summed E-state index contributed by atoms with van der Waals surface area (Å²) in [5, 5.41) is 9.07. The highest BCUT2D eigenvalue weighted by molar-refractivity contribution is 7.99. The highest BCUT2D eigenvalue weighted by atomic mass is 32.2. The molecule has 8 nitrogen and oxygen atoms in total. The number of benzene rings is 1. The summed E-state index contributed by atoms with van der Waals surface area (Å²) in [4.78, 5) is 26.3. The van der Waals surface area contributed by atoms with Gasteiger partial charge in [-0.05, 0) is 23.8 Å². The number of nitrogens with zero attached hydrogens (tertiary/aromatic N) is 4. The molecule has 0 saturated carbocycles. The molecule has 1 aromatic carbocycles. The number of likely N-dealkylation sites (N-methyl/N-ethyl adjacent to an activating group) is 1. The van der Waals surface area contributed by atoms with E-state index in [0.717, 1.165) is 17.1 Å². The SMILES string of the molecule is CN1/C(=C\C(=O)CSc2nnc(CCC(N)=O)n2Cc2ccco2)C(C)(C)c2ccccc21. The summed E-state index contributed by atoms with van der Waals surface area (Å²) in [6.07, 6.45) is 3.88. The van der Waals surface area contributed by atoms with Gasteiger partial charge in [0.05, 0.1) is 18.6 Å². The van der Waals surface area contributed by atoms with Crippen LogP contribution >= 0.6 is 11.8 Å². The largest absolute Gasteiger partial charge is 0.467 e. The Morgan fingerprint density at radius 1 is 1.18 bits per heavy atom. The Labute approximate surface area is 196 Å². The monoisotopic (exact) mass is 465 g/mol. The predicted octanol–water partition coefficient (Wildman–Crippen LogP) is 3.31. The van der Waals surface area contributed by atoms with Gasteiger partial charge in [-0.1, -0.05) is 43.8 Å². The highest BCUT2D eigenvalue weighted by Crippen LogP contribution is 2.46. The first-order valence-electron chi connectivity index (χ1n) is 10.7. The second-order valence-corrected chi connectivity index (χ2v) is 9.46. The van der Waals surface area contributed by atoms with E-state index in [9.17, 15) is 9.59 Å². The third kappa shape index (κ3) is 4.73. The molecule has 3 heterocycles. The third-order valence-corrected chi connectivity index (χ3v) is 6.85. The summed E-state index contributed by atoms with van der Waals surface area (Å²) in [6.45, 7) is 4.68. The van der Waals surface area contributed by atoms with Gasteiger partial charge in [-0.2, -0.15) is 0 Å². The lowest BCUT2D eigenvalue weighted by Crippen LogP contribution is -2.24. The molecular weight excluding hydrogens is 438 g/mol. The van der Waals surface area contributed by atoms with E-state index in [2.05, 4.69) is 41.1 Å². The summed E-state index contributed by atoms with van der Waals surface area (Å²) >= 11 is 1.32. The van der Waals surface area contributed by atoms with Crippen molar-refractivity contribution in [1.29, 1.82) is 0 Å². The van der Waals surface area contributed by atoms with Gasteiger partial charge in [0.1, 0.15) is 11.6 Å². The molecule has 0 spiro atoms. The van der Waals surface area contributed by atoms with Gasteiger partial charge >= 0.3 is 0 Å². The van der Waals surface area contributed by atoms with E-state index >= 15 is 0 Å². The van der Waals surface area contributed by atoms with E-state index in [1.165, 1.54) is 17.3 Å². The number of thioether (sulfide) groups is 1. The molecule has 9 heteroatoms. The van der Waals surface area contributed by atoms with Crippen molar-refractivity contribution in [3.8, 4) is 0 Å². The first kappa shape index (κ1) is 22.8. The number of primary amides is 1. The molecule has 33 heavy (non-hydrogen) atoms. The Hall–Kier alpha value is -3.33. The molecule has 1 amide bonds. The molecule has 4 rings (SSSR count). The van der Waals surface area contributed by atoms with Gasteiger partial charge in [0.15, 0.2) is 10.9 Å². The van der Waals surface area contributed by atoms with E-state index in [1.54, 1.807) is 12.3 Å². The third-order valence-electron chi connectivity index (χ3n) is 5.86. The van der Waals surface area contributed by atoms with Crippen LogP contribution in [0, 0.1) is 0 Å². The van der Waals surface area contributed by atoms with Gasteiger partial charge in [0.2, 0.25) is 5.91 Å². The minimum Gasteiger partial charge on any atom is -0.467 e. The zero-order valence-corrected chi connectivity index (χ0v) is 19.8. The van der Waals surface area contributed by atoms with Crippen LogP contribution in [-0.4, -0.2) is 39.3 Å². The van der Waals surface area contributed by atoms with Crippen molar-refractivity contribution in [3.63, 3.8) is 0 Å². The number of rotatable bonds is 9. The van der Waals surface area contributed by atoms with Crippen LogP contribution in [0.15, 0.2) is 64.0 Å². The zero-order chi connectivity index (χ0) is 23.6. The van der Waals surface area contributed by atoms with Crippen molar-refractivity contribution in [2.45, 2.75) is 43.8 Å². The van der Waals surface area contributed by atoms with Gasteiger partial charge in [0.25, 0.3) is 0 Å². The number of allylic oxidation sites excluding steroid dienone is 2. The van der Waals surface area contributed by atoms with Crippen molar-refractivity contribution in [2.75, 3.05) is 17.7 Å². The molecule has 0 saturated heterocycles. The number of ketones is 1. The molecular formula is C24H27N5O3S. The second-order valence-electron chi connectivity index (χ2n) is 8.52. The Bertz CT molecular complexity index is 1200. The fourth-order valence-electron chi connectivity index (χ4n) is 4.15. The first-order chi connectivity index (χ1) is 15.8. The van der Waals surface area contributed by atoms with E-state index < -0.39 is 5.91 Å². The molecule has 172 valence electrons. The Morgan fingerprint density at radius 2 is 1.97 bits per heavy atom. The molecule has 0 fully saturated rings. The standard InChI is InChI=1S/C24H27N5O3S/c1-24(2)18-8-4-5-9-19(18)28(3)20(24)13-16(30)15-33-23-27-26-22(11-10-21(25)31)29(23)14-17-7-6-12-32-17/h4-9,12-13H,10-11,14-15H2,1-3H3,(H2,25,31)/b20-13-. The number of carbonyl (C=O) groups is 2. The Morgan fingerprint density at radius 3 is 2.67 bits per heavy atom. The number of fused-ring (bicyclic) bond motifs is 1. The lowest BCUT2D eigenvalue weighted by molar-refractivity contribution is -0.118. The fraction of sp³-hybridized carbons (Fsp3) is 0.333. The van der Waals surface area contributed by atoms with Gasteiger partial charge in [-0.25, -0.2) is 0 Å². The number of nitrogens with two attached hydrogens (primary N) is 1. The predicted molar refractivity (Wildman–Crippen MR) is 127 cm³/mol. The topological polar surface area (TPSA) is 107 Å². The smallest absolute Gasteiger partial charge is 0.217 e. The summed E-state index contributed by atoms with van der Waals surface area (Å²) in [5.41, 5.74) is 8.33. The number of anilines is 1. The molecule has 1 aliphatic heterocycles. The van der Waals surface area contributed by atoms with Crippen LogP contribution in [0.2, 0.25) is 0 Å². The van der Waals surface area contributed by atoms with E-state index in [4.69, 9.17) is 10.2 Å². The number of aromatic nitrogens is 3. The van der Waals surface area contributed by atoms with Gasteiger partial charge in [-0.15, -0.1) is 10.2 Å². The Balaban J connectivity index is 1.51. The first-order valence-corrected chi connectivity index (χ1v) is 11.7. The van der Waals surface area contributed by atoms with Crippen molar-refractivity contribution in [3.05, 3.63) is 71.6 Å². The number of para-hydroxylation sites is 1. The molecule has 2 N–H and O–H groups in total. The minimum absolute atomic E-state index is 0.00559. The van der Waals surface area contributed by atoms with E-state index in [1.807, 2.05) is 35.9 Å². The lowest BCUT2D eigenvalue weighted by Gasteiger charge is -2.23. The van der Waals surface area contributed by atoms with Crippen LogP contribution in [-0.2, 0) is 28.0 Å². The zero-order valence-electron chi connectivity index (χ0n) is 18.9. The number of hydrogen-bond donors (Lipinski definition) is 1. The van der Waals surface area contributed by atoms with E-state index in [-0.39, 0.29) is 23.4 Å². The van der Waals surface area contributed by atoms with E-state index in [0.29, 0.717) is 23.9 Å². The summed E-state index contributed by atoms with van der Waals surface area (Å²) < 4.78 is 7.33. The van der Waals surface area contributed by atoms with Crippen LogP contribution in [0.1, 0.15) is 37.4 Å². The fourth-order valence-corrected chi connectivity index (χ4v) is 4.93. The average Bonchev–Trinajstić information content (AvgIpc) is 3.48. The Kier molecular flexibility index (Phi) is 6.42. The van der Waals surface area contributed by atoms with Crippen molar-refractivity contribution >= 4 is 29.1 Å². The van der Waals surface area contributed by atoms with Crippen LogP contribution < -0.4 is 10.6 Å². The molecule has 0 aliphatic carbocycles. The van der Waals surface area contributed by atoms with Crippen LogP contribution in [0.3, 0.4) is 0 Å². The number of amides is 1. The molecule has 0 unspecified atom stereocenters. The normalized spacial score (nSPS) is 15.7. The number of furan rings is 1. The van der Waals surface area contributed by atoms with Gasteiger partial charge in [0, 0.05) is 42.8 Å². The summed E-state index contributed by atoms with van der Waals surface area (Å²) in [7, 11) is 1.99. The highest BCUT2D eigenvalue weighted by Gasteiger charge is 2.38. The quantitative estimate of drug-likeness (QED) is 0.382. The molecule has 0 atom stereocenters. The number of carbonyl (C=O) groups excluding carboxylic acids is 2. The minimum atomic E-state index is -0.400. The maximum Gasteiger partial charge on any atom is 0.217 e. The maximum atomic E-state index is 12.9. The molecule has 2 aromatic heterocycles. The molecule has 0 radical (unpaired) electrons. The molecule has 1 aliphatic rings. The van der Waals surface area contributed by atoms with Gasteiger partial charge < -0.3 is 15.1 Å². The number of aryl methyl sites for hydroxylation is 1. The maximum absolute atomic E-state index is 12.9. The molecule has 3 aromatic rings. The molecule has 0 bridgehead atoms. The van der Waals surface area contributed by atoms with Crippen molar-refractivity contribution < 1.29 is 14.0 Å². The van der Waals surface area contributed by atoms with Crippen molar-refractivity contribution in [1.82, 2.24) is 14.8 Å². The van der Waals surface area contributed by atoms with Crippen LogP contribution in [0.4, 0.5) is 5.69 Å². The van der Waals surface area contributed by atoms with Gasteiger partial charge in [-0.3, -0.25) is 14.2 Å². The second kappa shape index (κ2) is 9.27. The van der Waals surface area contributed by atoms with Crippen LogP contribution in [0.5, 0.6) is 0 Å².